The van der Waals surface area contributed by atoms with Crippen LogP contribution in [0.4, 0.5) is 5.69 Å². The van der Waals surface area contributed by atoms with E-state index in [0.29, 0.717) is 5.92 Å². The molecule has 0 spiro atoms. The fourth-order valence-corrected chi connectivity index (χ4v) is 2.38. The van der Waals surface area contributed by atoms with Crippen LogP contribution in [-0.2, 0) is 0 Å². The predicted octanol–water partition coefficient (Wildman–Crippen LogP) is 3.24. The quantitative estimate of drug-likeness (QED) is 0.851. The van der Waals surface area contributed by atoms with Crippen LogP contribution in [0.15, 0.2) is 24.3 Å². The highest BCUT2D eigenvalue weighted by atomic mass is 16.2. The number of nitrogens with one attached hydrogen (secondary N) is 1. The Morgan fingerprint density at radius 1 is 1.42 bits per heavy atom. The van der Waals surface area contributed by atoms with Gasteiger partial charge in [0.2, 0.25) is 0 Å². The maximum Gasteiger partial charge on any atom is 0.255 e. The van der Waals surface area contributed by atoms with Crippen molar-refractivity contribution in [1.29, 1.82) is 0 Å². The Balaban J connectivity index is 2.04. The van der Waals surface area contributed by atoms with Crippen molar-refractivity contribution in [2.45, 2.75) is 26.7 Å². The Bertz CT molecular complexity index is 444. The first kappa shape index (κ1) is 13.9. The van der Waals surface area contributed by atoms with Gasteiger partial charge < -0.3 is 10.2 Å². The first-order valence-corrected chi connectivity index (χ1v) is 7.21. The van der Waals surface area contributed by atoms with Gasteiger partial charge in [-0.05, 0) is 36.8 Å². The minimum Gasteiger partial charge on any atom is -0.384 e. The first-order chi connectivity index (χ1) is 9.13. The van der Waals surface area contributed by atoms with E-state index in [9.17, 15) is 4.79 Å². The van der Waals surface area contributed by atoms with E-state index in [2.05, 4.69) is 19.2 Å². The molecule has 1 aliphatic rings. The van der Waals surface area contributed by atoms with Gasteiger partial charge in [-0.3, -0.25) is 4.79 Å². The molecule has 1 N–H and O–H groups in total. The third-order valence-corrected chi connectivity index (χ3v) is 3.85. The lowest BCUT2D eigenvalue weighted by Gasteiger charge is -2.19. The zero-order valence-corrected chi connectivity index (χ0v) is 12.1. The zero-order valence-electron chi connectivity index (χ0n) is 12.1. The van der Waals surface area contributed by atoms with Crippen LogP contribution in [0.2, 0.25) is 0 Å². The van der Waals surface area contributed by atoms with Crippen molar-refractivity contribution in [2.75, 3.05) is 25.5 Å². The molecule has 0 aliphatic heterocycles. The smallest absolute Gasteiger partial charge is 0.255 e. The Morgan fingerprint density at radius 2 is 2.11 bits per heavy atom. The molecule has 2 unspecified atom stereocenters. The molecular weight excluding hydrogens is 236 g/mol. The molecule has 1 amide bonds. The van der Waals surface area contributed by atoms with E-state index in [1.807, 2.05) is 36.2 Å². The largest absolute Gasteiger partial charge is 0.384 e. The fraction of sp³-hybridized carbons (Fsp3) is 0.562. The predicted molar refractivity (Wildman–Crippen MR) is 79.5 cm³/mol. The van der Waals surface area contributed by atoms with Gasteiger partial charge in [0.15, 0.2) is 0 Å². The van der Waals surface area contributed by atoms with Gasteiger partial charge in [0.1, 0.15) is 0 Å². The Labute approximate surface area is 116 Å². The summed E-state index contributed by atoms with van der Waals surface area (Å²) in [4.78, 5) is 14.3. The fourth-order valence-electron chi connectivity index (χ4n) is 2.38. The summed E-state index contributed by atoms with van der Waals surface area (Å²) >= 11 is 0. The maximum absolute atomic E-state index is 12.5. The first-order valence-electron chi connectivity index (χ1n) is 7.21. The van der Waals surface area contributed by atoms with Gasteiger partial charge in [0.05, 0.1) is 5.56 Å². The Morgan fingerprint density at radius 3 is 2.74 bits per heavy atom. The van der Waals surface area contributed by atoms with Gasteiger partial charge in [-0.1, -0.05) is 26.0 Å². The van der Waals surface area contributed by atoms with Gasteiger partial charge in [-0.25, -0.2) is 0 Å². The monoisotopic (exact) mass is 260 g/mol. The molecule has 0 radical (unpaired) electrons. The van der Waals surface area contributed by atoms with E-state index in [4.69, 9.17) is 0 Å². The van der Waals surface area contributed by atoms with Gasteiger partial charge in [0.25, 0.3) is 5.91 Å². The number of rotatable bonds is 6. The molecule has 19 heavy (non-hydrogen) atoms. The molecule has 1 aromatic rings. The second-order valence-electron chi connectivity index (χ2n) is 5.63. The third kappa shape index (κ3) is 3.49. The van der Waals surface area contributed by atoms with Gasteiger partial charge >= 0.3 is 0 Å². The van der Waals surface area contributed by atoms with Crippen LogP contribution in [0.25, 0.3) is 0 Å². The van der Waals surface area contributed by atoms with Crippen molar-refractivity contribution in [2.24, 2.45) is 11.8 Å². The normalized spacial score (nSPS) is 21.0. The van der Waals surface area contributed by atoms with E-state index in [1.54, 1.807) is 0 Å². The van der Waals surface area contributed by atoms with Gasteiger partial charge in [0, 0.05) is 25.8 Å². The van der Waals surface area contributed by atoms with Crippen LogP contribution in [0.1, 0.15) is 37.0 Å². The second-order valence-corrected chi connectivity index (χ2v) is 5.63. The van der Waals surface area contributed by atoms with E-state index in [1.165, 1.54) is 6.42 Å². The number of nitrogens with zero attached hydrogens (tertiary/aromatic N) is 1. The van der Waals surface area contributed by atoms with Crippen LogP contribution < -0.4 is 5.32 Å². The molecule has 0 aromatic heterocycles. The molecule has 1 aliphatic carbocycles. The summed E-state index contributed by atoms with van der Waals surface area (Å²) in [6.45, 7) is 6.15. The lowest BCUT2D eigenvalue weighted by atomic mass is 10.1. The molecular formula is C16H24N2O. The molecule has 2 rings (SSSR count). The molecule has 0 bridgehead atoms. The maximum atomic E-state index is 12.5. The molecule has 1 saturated carbocycles. The molecule has 1 aromatic carbocycles. The molecule has 3 nitrogen and oxygen atoms in total. The van der Waals surface area contributed by atoms with Crippen molar-refractivity contribution in [1.82, 2.24) is 4.90 Å². The molecule has 3 heteroatoms. The van der Waals surface area contributed by atoms with Crippen molar-refractivity contribution in [3.05, 3.63) is 29.8 Å². The van der Waals surface area contributed by atoms with Gasteiger partial charge in [-0.2, -0.15) is 0 Å². The number of para-hydroxylation sites is 1. The third-order valence-electron chi connectivity index (χ3n) is 3.85. The average Bonchev–Trinajstić information content (AvgIpc) is 3.11. The summed E-state index contributed by atoms with van der Waals surface area (Å²) in [5, 5.41) is 3.33. The van der Waals surface area contributed by atoms with Crippen molar-refractivity contribution < 1.29 is 4.79 Å². The summed E-state index contributed by atoms with van der Waals surface area (Å²) < 4.78 is 0. The van der Waals surface area contributed by atoms with E-state index < -0.39 is 0 Å². The van der Waals surface area contributed by atoms with Crippen LogP contribution in [0.3, 0.4) is 0 Å². The molecule has 104 valence electrons. The highest BCUT2D eigenvalue weighted by Crippen LogP contribution is 2.38. The molecule has 0 saturated heterocycles. The van der Waals surface area contributed by atoms with E-state index in [-0.39, 0.29) is 5.91 Å². The molecule has 1 fully saturated rings. The van der Waals surface area contributed by atoms with Crippen molar-refractivity contribution in [3.8, 4) is 0 Å². The summed E-state index contributed by atoms with van der Waals surface area (Å²) in [5.41, 5.74) is 1.73. The summed E-state index contributed by atoms with van der Waals surface area (Å²) in [6.07, 6.45) is 2.31. The Kier molecular flexibility index (Phi) is 4.46. The SMILES string of the molecule is CCCNc1ccccc1C(=O)N(C)CC1CC1C. The Hall–Kier alpha value is -1.51. The summed E-state index contributed by atoms with van der Waals surface area (Å²) in [7, 11) is 1.91. The van der Waals surface area contributed by atoms with E-state index in [0.717, 1.165) is 36.7 Å². The molecule has 0 heterocycles. The number of carbonyl (C=O) groups excluding carboxylic acids is 1. The van der Waals surface area contributed by atoms with Crippen molar-refractivity contribution in [3.63, 3.8) is 0 Å². The topological polar surface area (TPSA) is 32.3 Å². The number of hydrogen-bond acceptors (Lipinski definition) is 2. The van der Waals surface area contributed by atoms with Crippen LogP contribution in [-0.4, -0.2) is 30.9 Å². The van der Waals surface area contributed by atoms with Crippen LogP contribution >= 0.6 is 0 Å². The van der Waals surface area contributed by atoms with Gasteiger partial charge in [-0.15, -0.1) is 0 Å². The lowest BCUT2D eigenvalue weighted by Crippen LogP contribution is -2.29. The number of anilines is 1. The number of carbonyl (C=O) groups is 1. The summed E-state index contributed by atoms with van der Waals surface area (Å²) in [5.74, 6) is 1.60. The highest BCUT2D eigenvalue weighted by molar-refractivity contribution is 5.99. The average molecular weight is 260 g/mol. The van der Waals surface area contributed by atoms with Crippen LogP contribution in [0, 0.1) is 11.8 Å². The minimum absolute atomic E-state index is 0.123. The second kappa shape index (κ2) is 6.09. The number of benzene rings is 1. The van der Waals surface area contributed by atoms with Crippen molar-refractivity contribution >= 4 is 11.6 Å². The summed E-state index contributed by atoms with van der Waals surface area (Å²) in [6, 6.07) is 7.79. The number of hydrogen-bond donors (Lipinski definition) is 1. The molecule has 2 atom stereocenters. The number of amides is 1. The highest BCUT2D eigenvalue weighted by Gasteiger charge is 2.34. The standard InChI is InChI=1S/C16H24N2O/c1-4-9-17-15-8-6-5-7-14(15)16(19)18(3)11-13-10-12(13)2/h5-8,12-13,17H,4,9-11H2,1-3H3. The lowest BCUT2D eigenvalue weighted by molar-refractivity contribution is 0.0788. The minimum atomic E-state index is 0.123. The van der Waals surface area contributed by atoms with Crippen LogP contribution in [0.5, 0.6) is 0 Å². The zero-order chi connectivity index (χ0) is 13.8. The van der Waals surface area contributed by atoms with E-state index >= 15 is 0 Å².